The molecule has 1 heteroatoms. The van der Waals surface area contributed by atoms with Gasteiger partial charge in [-0.15, -0.1) is 0 Å². The molecule has 17 heavy (non-hydrogen) atoms. The van der Waals surface area contributed by atoms with E-state index in [1.807, 2.05) is 0 Å². The van der Waals surface area contributed by atoms with Crippen LogP contribution in [-0.2, 0) is 0 Å². The number of rotatable bonds is 3. The minimum atomic E-state index is 0.851. The number of hydrogen-bond acceptors (Lipinski definition) is 0. The smallest absolute Gasteiger partial charge is 0.0163 e. The van der Waals surface area contributed by atoms with Crippen molar-refractivity contribution in [1.82, 2.24) is 0 Å². The van der Waals surface area contributed by atoms with Gasteiger partial charge in [0.05, 0.1) is 0 Å². The van der Waals surface area contributed by atoms with E-state index in [9.17, 15) is 0 Å². The molecule has 0 aromatic heterocycles. The SMILES string of the molecule is CC(C)C1CC[C@@H](C)CC1Pc1ccccc1. The number of benzene rings is 1. The molecule has 0 N–H and O–H groups in total. The highest BCUT2D eigenvalue weighted by molar-refractivity contribution is 7.48. The fourth-order valence-electron chi connectivity index (χ4n) is 3.12. The van der Waals surface area contributed by atoms with E-state index in [4.69, 9.17) is 0 Å². The van der Waals surface area contributed by atoms with Crippen molar-refractivity contribution in [2.24, 2.45) is 17.8 Å². The van der Waals surface area contributed by atoms with Gasteiger partial charge in [-0.1, -0.05) is 66.1 Å². The molecule has 4 atom stereocenters. The van der Waals surface area contributed by atoms with Crippen LogP contribution in [0.3, 0.4) is 0 Å². The van der Waals surface area contributed by atoms with Crippen LogP contribution in [0.2, 0.25) is 0 Å². The van der Waals surface area contributed by atoms with Gasteiger partial charge in [0.2, 0.25) is 0 Å². The lowest BCUT2D eigenvalue weighted by molar-refractivity contribution is 0.243. The third-order valence-corrected chi connectivity index (χ3v) is 5.85. The summed E-state index contributed by atoms with van der Waals surface area (Å²) in [5.41, 5.74) is 0.932. The monoisotopic (exact) mass is 248 g/mol. The Morgan fingerprint density at radius 3 is 2.47 bits per heavy atom. The van der Waals surface area contributed by atoms with E-state index in [-0.39, 0.29) is 0 Å². The van der Waals surface area contributed by atoms with Crippen LogP contribution >= 0.6 is 8.58 Å². The minimum Gasteiger partial charge on any atom is -0.0869 e. The first-order valence-electron chi connectivity index (χ1n) is 6.98. The summed E-state index contributed by atoms with van der Waals surface area (Å²) in [6.07, 6.45) is 4.33. The van der Waals surface area contributed by atoms with Crippen LogP contribution in [0.4, 0.5) is 0 Å². The average molecular weight is 248 g/mol. The van der Waals surface area contributed by atoms with Crippen molar-refractivity contribution in [2.45, 2.75) is 45.7 Å². The lowest BCUT2D eigenvalue weighted by Gasteiger charge is -2.37. The normalized spacial score (nSPS) is 30.2. The van der Waals surface area contributed by atoms with E-state index in [1.165, 1.54) is 19.3 Å². The highest BCUT2D eigenvalue weighted by Gasteiger charge is 2.30. The van der Waals surface area contributed by atoms with E-state index in [1.54, 1.807) is 5.30 Å². The van der Waals surface area contributed by atoms with Crippen LogP contribution in [0.25, 0.3) is 0 Å². The largest absolute Gasteiger partial charge is 0.0869 e. The van der Waals surface area contributed by atoms with E-state index in [2.05, 4.69) is 51.1 Å². The zero-order valence-electron chi connectivity index (χ0n) is 11.3. The second-order valence-electron chi connectivity index (χ2n) is 5.94. The van der Waals surface area contributed by atoms with Crippen LogP contribution < -0.4 is 5.30 Å². The average Bonchev–Trinajstić information content (AvgIpc) is 2.30. The van der Waals surface area contributed by atoms with Crippen molar-refractivity contribution in [3.05, 3.63) is 30.3 Å². The Hall–Kier alpha value is -0.350. The zero-order valence-corrected chi connectivity index (χ0v) is 12.3. The van der Waals surface area contributed by atoms with Crippen molar-refractivity contribution in [2.75, 3.05) is 0 Å². The van der Waals surface area contributed by atoms with E-state index < -0.39 is 0 Å². The van der Waals surface area contributed by atoms with Gasteiger partial charge in [-0.3, -0.25) is 0 Å². The summed E-state index contributed by atoms with van der Waals surface area (Å²) in [6, 6.07) is 11.1. The van der Waals surface area contributed by atoms with Gasteiger partial charge in [-0.2, -0.15) is 0 Å². The molecule has 94 valence electrons. The molecule has 1 saturated carbocycles. The lowest BCUT2D eigenvalue weighted by Crippen LogP contribution is -2.30. The Bertz CT molecular complexity index is 331. The maximum atomic E-state index is 2.43. The Morgan fingerprint density at radius 2 is 1.82 bits per heavy atom. The van der Waals surface area contributed by atoms with Crippen LogP contribution in [0.5, 0.6) is 0 Å². The first-order chi connectivity index (χ1) is 8.16. The minimum absolute atomic E-state index is 0.851. The quantitative estimate of drug-likeness (QED) is 0.693. The Labute approximate surface area is 108 Å². The fraction of sp³-hybridized carbons (Fsp3) is 0.625. The molecule has 1 aromatic rings. The lowest BCUT2D eigenvalue weighted by atomic mass is 9.77. The molecule has 0 heterocycles. The molecular formula is C16H25P. The molecule has 0 amide bonds. The molecule has 0 aliphatic heterocycles. The maximum Gasteiger partial charge on any atom is -0.0163 e. The molecule has 1 aliphatic rings. The summed E-state index contributed by atoms with van der Waals surface area (Å²) in [5.74, 6) is 2.74. The molecule has 0 radical (unpaired) electrons. The molecule has 3 unspecified atom stereocenters. The van der Waals surface area contributed by atoms with Gasteiger partial charge in [0.25, 0.3) is 0 Å². The van der Waals surface area contributed by atoms with Crippen molar-refractivity contribution >= 4 is 13.9 Å². The van der Waals surface area contributed by atoms with Crippen molar-refractivity contribution in [1.29, 1.82) is 0 Å². The summed E-state index contributed by atoms with van der Waals surface area (Å²) in [4.78, 5) is 0. The maximum absolute atomic E-state index is 2.43. The van der Waals surface area contributed by atoms with Crippen LogP contribution in [0.1, 0.15) is 40.0 Å². The van der Waals surface area contributed by atoms with E-state index >= 15 is 0 Å². The summed E-state index contributed by atoms with van der Waals surface area (Å²) in [7, 11) is 1.01. The third kappa shape index (κ3) is 3.55. The van der Waals surface area contributed by atoms with Gasteiger partial charge in [0.1, 0.15) is 0 Å². The molecule has 0 nitrogen and oxygen atoms in total. The highest BCUT2D eigenvalue weighted by Crippen LogP contribution is 2.42. The van der Waals surface area contributed by atoms with Gasteiger partial charge in [-0.05, 0) is 41.6 Å². The summed E-state index contributed by atoms with van der Waals surface area (Å²) < 4.78 is 0. The van der Waals surface area contributed by atoms with E-state index in [0.29, 0.717) is 0 Å². The van der Waals surface area contributed by atoms with Crippen molar-refractivity contribution < 1.29 is 0 Å². The molecule has 0 bridgehead atoms. The van der Waals surface area contributed by atoms with Gasteiger partial charge in [0, 0.05) is 0 Å². The second kappa shape index (κ2) is 6.01. The predicted octanol–water partition coefficient (Wildman–Crippen LogP) is 4.45. The van der Waals surface area contributed by atoms with Gasteiger partial charge < -0.3 is 0 Å². The van der Waals surface area contributed by atoms with Crippen LogP contribution in [-0.4, -0.2) is 5.66 Å². The molecule has 0 spiro atoms. The summed E-state index contributed by atoms with van der Waals surface area (Å²) in [6.45, 7) is 7.24. The molecule has 2 rings (SSSR count). The van der Waals surface area contributed by atoms with E-state index in [0.717, 1.165) is 32.0 Å². The molecule has 1 aromatic carbocycles. The van der Waals surface area contributed by atoms with Crippen LogP contribution in [0.15, 0.2) is 30.3 Å². The van der Waals surface area contributed by atoms with Crippen LogP contribution in [0, 0.1) is 17.8 Å². The molecule has 1 aliphatic carbocycles. The Kier molecular flexibility index (Phi) is 4.62. The third-order valence-electron chi connectivity index (χ3n) is 4.15. The van der Waals surface area contributed by atoms with Gasteiger partial charge in [0.15, 0.2) is 0 Å². The topological polar surface area (TPSA) is 0 Å². The highest BCUT2D eigenvalue weighted by atomic mass is 31.1. The van der Waals surface area contributed by atoms with Crippen molar-refractivity contribution in [3.8, 4) is 0 Å². The standard InChI is InChI=1S/C16H25P/c1-12(2)15-10-9-13(3)11-16(15)17-14-7-5-4-6-8-14/h4-8,12-13,15-17H,9-11H2,1-3H3/t13-,15?,16?/m1/s1. The fourth-order valence-corrected chi connectivity index (χ4v) is 5.22. The predicted molar refractivity (Wildman–Crippen MR) is 79.5 cm³/mol. The number of hydrogen-bond donors (Lipinski definition) is 0. The Morgan fingerprint density at radius 1 is 1.12 bits per heavy atom. The van der Waals surface area contributed by atoms with Crippen molar-refractivity contribution in [3.63, 3.8) is 0 Å². The van der Waals surface area contributed by atoms with Gasteiger partial charge >= 0.3 is 0 Å². The molecule has 1 fully saturated rings. The zero-order chi connectivity index (χ0) is 12.3. The summed E-state index contributed by atoms with van der Waals surface area (Å²) >= 11 is 0. The molecule has 0 saturated heterocycles. The first-order valence-corrected chi connectivity index (χ1v) is 8.06. The van der Waals surface area contributed by atoms with Gasteiger partial charge in [-0.25, -0.2) is 0 Å². The molecular weight excluding hydrogens is 223 g/mol. The second-order valence-corrected chi connectivity index (χ2v) is 7.55. The summed E-state index contributed by atoms with van der Waals surface area (Å²) in [5, 5.41) is 1.55. The Balaban J connectivity index is 2.05. The first kappa shape index (κ1) is 13.1.